The minimum Gasteiger partial charge on any atom is -0.478 e. The van der Waals surface area contributed by atoms with E-state index in [9.17, 15) is 10.1 Å². The Bertz CT molecular complexity index is 670. The Morgan fingerprint density at radius 3 is 2.53 bits per heavy atom. The number of carboxylic acids is 1. The second-order valence-corrected chi connectivity index (χ2v) is 3.80. The molecule has 1 N–H and O–H groups in total. The third kappa shape index (κ3) is 2.85. The van der Waals surface area contributed by atoms with Crippen LogP contribution in [0.15, 0.2) is 48.8 Å². The smallest absolute Gasteiger partial charge is 0.336 e. The maximum atomic E-state index is 11.1. The fourth-order valence-electron chi connectivity index (χ4n) is 1.68. The normalized spacial score (nSPS) is 10.8. The molecule has 2 rings (SSSR count). The third-order valence-electron chi connectivity index (χ3n) is 2.60. The van der Waals surface area contributed by atoms with Crippen molar-refractivity contribution in [1.29, 1.82) is 5.26 Å². The van der Waals surface area contributed by atoms with E-state index in [2.05, 4.69) is 11.1 Å². The summed E-state index contributed by atoms with van der Waals surface area (Å²) < 4.78 is 0. The van der Waals surface area contributed by atoms with Crippen molar-refractivity contribution in [1.82, 2.24) is 4.98 Å². The molecule has 0 saturated carbocycles. The Morgan fingerprint density at radius 2 is 1.89 bits per heavy atom. The average Bonchev–Trinajstić information content (AvgIpc) is 2.46. The van der Waals surface area contributed by atoms with Crippen molar-refractivity contribution in [3.8, 4) is 6.07 Å². The van der Waals surface area contributed by atoms with Crippen molar-refractivity contribution in [2.75, 3.05) is 0 Å². The monoisotopic (exact) mass is 250 g/mol. The molecule has 4 heteroatoms. The van der Waals surface area contributed by atoms with Crippen molar-refractivity contribution >= 4 is 17.6 Å². The number of allylic oxidation sites excluding steroid dienone is 1. The lowest BCUT2D eigenvalue weighted by Gasteiger charge is -2.02. The lowest BCUT2D eigenvalue weighted by molar-refractivity contribution is 0.0696. The molecule has 2 aromatic rings. The quantitative estimate of drug-likeness (QED) is 0.850. The van der Waals surface area contributed by atoms with E-state index in [1.165, 1.54) is 6.07 Å². The first-order valence-electron chi connectivity index (χ1n) is 5.57. The van der Waals surface area contributed by atoms with E-state index in [-0.39, 0.29) is 5.56 Å². The van der Waals surface area contributed by atoms with Crippen LogP contribution in [0.25, 0.3) is 11.6 Å². The number of benzene rings is 1. The predicted molar refractivity (Wildman–Crippen MR) is 71.1 cm³/mol. The molecule has 19 heavy (non-hydrogen) atoms. The molecular formula is C15H10N2O2. The lowest BCUT2D eigenvalue weighted by Crippen LogP contribution is -1.99. The maximum Gasteiger partial charge on any atom is 0.336 e. The molecule has 4 nitrogen and oxygen atoms in total. The molecule has 0 spiro atoms. The van der Waals surface area contributed by atoms with Crippen LogP contribution < -0.4 is 0 Å². The summed E-state index contributed by atoms with van der Waals surface area (Å²) in [5, 5.41) is 18.3. The summed E-state index contributed by atoms with van der Waals surface area (Å²) in [6, 6.07) is 12.1. The Hall–Kier alpha value is -2.93. The summed E-state index contributed by atoms with van der Waals surface area (Å²) >= 11 is 0. The standard InChI is InChI=1S/C15H10N2O2/c16-10-13(11-5-7-17-8-6-11)9-12-3-1-2-4-14(12)15(18)19/h1-9H,(H,18,19). The van der Waals surface area contributed by atoms with Gasteiger partial charge >= 0.3 is 5.97 Å². The highest BCUT2D eigenvalue weighted by Gasteiger charge is 2.08. The van der Waals surface area contributed by atoms with Crippen molar-refractivity contribution in [2.24, 2.45) is 0 Å². The van der Waals surface area contributed by atoms with Crippen LogP contribution in [0.5, 0.6) is 0 Å². The fraction of sp³-hybridized carbons (Fsp3) is 0. The molecule has 92 valence electrons. The number of hydrogen-bond donors (Lipinski definition) is 1. The van der Waals surface area contributed by atoms with Gasteiger partial charge in [-0.05, 0) is 35.4 Å². The average molecular weight is 250 g/mol. The number of carbonyl (C=O) groups is 1. The summed E-state index contributed by atoms with van der Waals surface area (Å²) in [4.78, 5) is 15.0. The highest BCUT2D eigenvalue weighted by molar-refractivity contribution is 5.97. The van der Waals surface area contributed by atoms with Crippen LogP contribution in [0, 0.1) is 11.3 Å². The van der Waals surface area contributed by atoms with Crippen LogP contribution in [-0.4, -0.2) is 16.1 Å². The van der Waals surface area contributed by atoms with Gasteiger partial charge in [-0.3, -0.25) is 4.98 Å². The van der Waals surface area contributed by atoms with Gasteiger partial charge in [-0.2, -0.15) is 5.26 Å². The van der Waals surface area contributed by atoms with E-state index >= 15 is 0 Å². The van der Waals surface area contributed by atoms with Crippen LogP contribution >= 0.6 is 0 Å². The number of nitrogens with zero attached hydrogens (tertiary/aromatic N) is 2. The lowest BCUT2D eigenvalue weighted by atomic mass is 10.0. The largest absolute Gasteiger partial charge is 0.478 e. The zero-order valence-electron chi connectivity index (χ0n) is 9.95. The summed E-state index contributed by atoms with van der Waals surface area (Å²) in [6.45, 7) is 0. The highest BCUT2D eigenvalue weighted by Crippen LogP contribution is 2.19. The number of pyridine rings is 1. The molecule has 0 aliphatic heterocycles. The van der Waals surface area contributed by atoms with E-state index in [0.717, 1.165) is 0 Å². The van der Waals surface area contributed by atoms with E-state index < -0.39 is 5.97 Å². The second kappa shape index (κ2) is 5.61. The van der Waals surface area contributed by atoms with Crippen molar-refractivity contribution in [3.05, 3.63) is 65.5 Å². The molecule has 1 aromatic carbocycles. The molecule has 0 aliphatic carbocycles. The van der Waals surface area contributed by atoms with Gasteiger partial charge in [-0.1, -0.05) is 18.2 Å². The molecule has 0 atom stereocenters. The van der Waals surface area contributed by atoms with Gasteiger partial charge < -0.3 is 5.11 Å². The molecule has 1 aromatic heterocycles. The number of carboxylic acid groups (broad SMARTS) is 1. The summed E-state index contributed by atoms with van der Waals surface area (Å²) in [6.07, 6.45) is 4.74. The summed E-state index contributed by atoms with van der Waals surface area (Å²) in [5.74, 6) is -1.01. The van der Waals surface area contributed by atoms with Gasteiger partial charge in [-0.25, -0.2) is 4.79 Å². The first kappa shape index (κ1) is 12.5. The first-order chi connectivity index (χ1) is 9.22. The van der Waals surface area contributed by atoms with Gasteiger partial charge in [0.25, 0.3) is 0 Å². The molecule has 0 radical (unpaired) electrons. The van der Waals surface area contributed by atoms with Crippen LogP contribution in [0.4, 0.5) is 0 Å². The first-order valence-corrected chi connectivity index (χ1v) is 5.57. The number of rotatable bonds is 3. The Morgan fingerprint density at radius 1 is 1.21 bits per heavy atom. The summed E-state index contributed by atoms with van der Waals surface area (Å²) in [7, 11) is 0. The van der Waals surface area contributed by atoms with Gasteiger partial charge in [0.05, 0.1) is 17.2 Å². The highest BCUT2D eigenvalue weighted by atomic mass is 16.4. The van der Waals surface area contributed by atoms with E-state index in [1.807, 2.05) is 0 Å². The topological polar surface area (TPSA) is 74.0 Å². The molecule has 1 heterocycles. The molecule has 0 unspecified atom stereocenters. The number of aromatic nitrogens is 1. The number of nitriles is 1. The fourth-order valence-corrected chi connectivity index (χ4v) is 1.68. The van der Waals surface area contributed by atoms with E-state index in [0.29, 0.717) is 16.7 Å². The molecule has 0 fully saturated rings. The minimum absolute atomic E-state index is 0.171. The third-order valence-corrected chi connectivity index (χ3v) is 2.60. The SMILES string of the molecule is N#CC(=Cc1ccccc1C(=O)O)c1ccncc1. The van der Waals surface area contributed by atoms with Crippen molar-refractivity contribution in [2.45, 2.75) is 0 Å². The molecule has 0 bridgehead atoms. The van der Waals surface area contributed by atoms with Crippen LogP contribution in [-0.2, 0) is 0 Å². The van der Waals surface area contributed by atoms with Gasteiger partial charge in [0, 0.05) is 12.4 Å². The van der Waals surface area contributed by atoms with Crippen LogP contribution in [0.2, 0.25) is 0 Å². The van der Waals surface area contributed by atoms with Crippen molar-refractivity contribution in [3.63, 3.8) is 0 Å². The second-order valence-electron chi connectivity index (χ2n) is 3.80. The van der Waals surface area contributed by atoms with Gasteiger partial charge in [-0.15, -0.1) is 0 Å². The molecular weight excluding hydrogens is 240 g/mol. The summed E-state index contributed by atoms with van der Waals surface area (Å²) in [5.41, 5.74) is 1.78. The Kier molecular flexibility index (Phi) is 3.70. The molecule has 0 amide bonds. The van der Waals surface area contributed by atoms with E-state index in [4.69, 9.17) is 5.11 Å². The van der Waals surface area contributed by atoms with Gasteiger partial charge in [0.15, 0.2) is 0 Å². The van der Waals surface area contributed by atoms with Crippen LogP contribution in [0.1, 0.15) is 21.5 Å². The Labute approximate surface area is 110 Å². The predicted octanol–water partition coefficient (Wildman–Crippen LogP) is 2.84. The zero-order chi connectivity index (χ0) is 13.7. The Balaban J connectivity index is 2.51. The van der Waals surface area contributed by atoms with Crippen LogP contribution in [0.3, 0.4) is 0 Å². The molecule has 0 aliphatic rings. The molecule has 0 saturated heterocycles. The number of hydrogen-bond acceptors (Lipinski definition) is 3. The van der Waals surface area contributed by atoms with Crippen molar-refractivity contribution < 1.29 is 9.90 Å². The minimum atomic E-state index is -1.01. The zero-order valence-corrected chi connectivity index (χ0v) is 9.95. The van der Waals surface area contributed by atoms with Gasteiger partial charge in [0.2, 0.25) is 0 Å². The maximum absolute atomic E-state index is 11.1. The van der Waals surface area contributed by atoms with Gasteiger partial charge in [0.1, 0.15) is 0 Å². The van der Waals surface area contributed by atoms with E-state index in [1.54, 1.807) is 48.8 Å². The number of aromatic carboxylic acids is 1.